The Balaban J connectivity index is 1.64. The van der Waals surface area contributed by atoms with Crippen LogP contribution in [-0.2, 0) is 11.2 Å². The van der Waals surface area contributed by atoms with E-state index < -0.39 is 0 Å². The number of hydrogen-bond donors (Lipinski definition) is 1. The van der Waals surface area contributed by atoms with Gasteiger partial charge in [0.1, 0.15) is 0 Å². The summed E-state index contributed by atoms with van der Waals surface area (Å²) in [6, 6.07) is 15.3. The number of nitrogens with one attached hydrogen (secondary N) is 1. The van der Waals surface area contributed by atoms with Crippen LogP contribution in [0.15, 0.2) is 42.5 Å². The lowest BCUT2D eigenvalue weighted by molar-refractivity contribution is -0.126. The molecule has 2 aromatic carbocycles. The molecule has 1 unspecified atom stereocenters. The van der Waals surface area contributed by atoms with Crippen LogP contribution in [0.4, 0.5) is 0 Å². The number of carbonyl (C=O) groups is 1. The summed E-state index contributed by atoms with van der Waals surface area (Å²) in [6.07, 6.45) is 7.73. The van der Waals surface area contributed by atoms with E-state index in [9.17, 15) is 4.79 Å². The van der Waals surface area contributed by atoms with Crippen molar-refractivity contribution >= 4 is 16.7 Å². The molecule has 23 heavy (non-hydrogen) atoms. The van der Waals surface area contributed by atoms with Crippen molar-refractivity contribution in [2.75, 3.05) is 0 Å². The monoisotopic (exact) mass is 309 g/mol. The maximum atomic E-state index is 12.5. The average Bonchev–Trinajstić information content (AvgIpc) is 2.61. The first-order valence-electron chi connectivity index (χ1n) is 9.04. The summed E-state index contributed by atoms with van der Waals surface area (Å²) < 4.78 is 0. The highest BCUT2D eigenvalue weighted by Gasteiger charge is 2.22. The second-order valence-corrected chi connectivity index (χ2v) is 6.83. The maximum absolute atomic E-state index is 12.5. The molecule has 1 aliphatic rings. The fourth-order valence-electron chi connectivity index (χ4n) is 3.63. The van der Waals surface area contributed by atoms with E-state index in [2.05, 4.69) is 54.7 Å². The smallest absolute Gasteiger partial charge is 0.223 e. The van der Waals surface area contributed by atoms with Gasteiger partial charge in [-0.1, -0.05) is 68.7 Å². The van der Waals surface area contributed by atoms with Gasteiger partial charge in [0.15, 0.2) is 0 Å². The second kappa shape index (κ2) is 7.63. The van der Waals surface area contributed by atoms with Crippen LogP contribution in [0, 0.1) is 5.92 Å². The van der Waals surface area contributed by atoms with Crippen LogP contribution in [0.3, 0.4) is 0 Å². The van der Waals surface area contributed by atoms with Crippen LogP contribution in [0.25, 0.3) is 10.8 Å². The van der Waals surface area contributed by atoms with E-state index >= 15 is 0 Å². The van der Waals surface area contributed by atoms with Crippen molar-refractivity contribution in [1.29, 1.82) is 0 Å². The van der Waals surface area contributed by atoms with Gasteiger partial charge in [0.05, 0.1) is 0 Å². The van der Waals surface area contributed by atoms with Crippen LogP contribution in [0.5, 0.6) is 0 Å². The summed E-state index contributed by atoms with van der Waals surface area (Å²) in [7, 11) is 0. The Kier molecular flexibility index (Phi) is 5.32. The van der Waals surface area contributed by atoms with Gasteiger partial charge >= 0.3 is 0 Å². The summed E-state index contributed by atoms with van der Waals surface area (Å²) in [5.41, 5.74) is 1.31. The highest BCUT2D eigenvalue weighted by atomic mass is 16.1. The maximum Gasteiger partial charge on any atom is 0.223 e. The van der Waals surface area contributed by atoms with Crippen molar-refractivity contribution in [1.82, 2.24) is 5.32 Å². The Morgan fingerprint density at radius 2 is 1.83 bits per heavy atom. The predicted molar refractivity (Wildman–Crippen MR) is 96.4 cm³/mol. The zero-order chi connectivity index (χ0) is 16.1. The minimum Gasteiger partial charge on any atom is -0.353 e. The van der Waals surface area contributed by atoms with E-state index in [0.29, 0.717) is 0 Å². The van der Waals surface area contributed by atoms with Crippen molar-refractivity contribution in [3.8, 4) is 0 Å². The molecule has 0 aromatic heterocycles. The van der Waals surface area contributed by atoms with E-state index in [1.165, 1.54) is 35.6 Å². The largest absolute Gasteiger partial charge is 0.353 e. The van der Waals surface area contributed by atoms with Gasteiger partial charge in [0.25, 0.3) is 0 Å². The summed E-state index contributed by atoms with van der Waals surface area (Å²) in [4.78, 5) is 12.5. The minimum atomic E-state index is 0.241. The first-order chi connectivity index (χ1) is 11.3. The Bertz CT molecular complexity index is 658. The fraction of sp³-hybridized carbons (Fsp3) is 0.476. The lowest BCUT2D eigenvalue weighted by Crippen LogP contribution is -2.40. The Labute approximate surface area is 139 Å². The lowest BCUT2D eigenvalue weighted by atomic mass is 9.88. The van der Waals surface area contributed by atoms with Gasteiger partial charge in [0, 0.05) is 12.0 Å². The molecule has 122 valence electrons. The highest BCUT2D eigenvalue weighted by molar-refractivity contribution is 5.83. The molecular formula is C21H27NO. The molecule has 1 atom stereocenters. The molecular weight excluding hydrogens is 282 g/mol. The standard InChI is InChI=1S/C21H27NO/c1-2-20(22-21(23)18-9-4-3-5-10-18)15-16-12-13-17-8-6-7-11-19(17)14-16/h6-8,11-14,18,20H,2-5,9-10,15H2,1H3,(H,22,23). The first-order valence-corrected chi connectivity index (χ1v) is 9.04. The number of hydrogen-bond acceptors (Lipinski definition) is 1. The van der Waals surface area contributed by atoms with Crippen molar-refractivity contribution in [2.24, 2.45) is 5.92 Å². The lowest BCUT2D eigenvalue weighted by Gasteiger charge is -2.24. The van der Waals surface area contributed by atoms with Crippen LogP contribution in [-0.4, -0.2) is 11.9 Å². The number of carbonyl (C=O) groups excluding carboxylic acids is 1. The number of fused-ring (bicyclic) bond motifs is 1. The zero-order valence-corrected chi connectivity index (χ0v) is 14.1. The third kappa shape index (κ3) is 4.13. The molecule has 0 heterocycles. The normalized spacial score (nSPS) is 17.1. The van der Waals surface area contributed by atoms with E-state index in [-0.39, 0.29) is 17.9 Å². The average molecular weight is 309 g/mol. The van der Waals surface area contributed by atoms with Crippen LogP contribution in [0.2, 0.25) is 0 Å². The molecule has 1 saturated carbocycles. The van der Waals surface area contributed by atoms with E-state index in [1.807, 2.05) is 0 Å². The van der Waals surface area contributed by atoms with Gasteiger partial charge in [0.2, 0.25) is 5.91 Å². The van der Waals surface area contributed by atoms with E-state index in [0.717, 1.165) is 25.7 Å². The van der Waals surface area contributed by atoms with Crippen molar-refractivity contribution in [2.45, 2.75) is 57.9 Å². The predicted octanol–water partition coefficient (Wildman–Crippen LogP) is 4.86. The van der Waals surface area contributed by atoms with Gasteiger partial charge in [-0.15, -0.1) is 0 Å². The topological polar surface area (TPSA) is 29.1 Å². The van der Waals surface area contributed by atoms with Crippen LogP contribution >= 0.6 is 0 Å². The molecule has 0 bridgehead atoms. The number of rotatable bonds is 5. The second-order valence-electron chi connectivity index (χ2n) is 6.83. The highest BCUT2D eigenvalue weighted by Crippen LogP contribution is 2.24. The molecule has 1 N–H and O–H groups in total. The summed E-state index contributed by atoms with van der Waals surface area (Å²) >= 11 is 0. The van der Waals surface area contributed by atoms with Crippen LogP contribution < -0.4 is 5.32 Å². The van der Waals surface area contributed by atoms with Gasteiger partial charge in [-0.2, -0.15) is 0 Å². The molecule has 2 nitrogen and oxygen atoms in total. The Hall–Kier alpha value is -1.83. The van der Waals surface area contributed by atoms with E-state index in [1.54, 1.807) is 0 Å². The molecule has 1 aliphatic carbocycles. The molecule has 0 radical (unpaired) electrons. The van der Waals surface area contributed by atoms with E-state index in [4.69, 9.17) is 0 Å². The van der Waals surface area contributed by atoms with Crippen LogP contribution in [0.1, 0.15) is 51.0 Å². The van der Waals surface area contributed by atoms with Gasteiger partial charge in [-0.25, -0.2) is 0 Å². The molecule has 0 saturated heterocycles. The fourth-order valence-corrected chi connectivity index (χ4v) is 3.63. The molecule has 3 rings (SSSR count). The third-order valence-electron chi connectivity index (χ3n) is 5.11. The third-order valence-corrected chi connectivity index (χ3v) is 5.11. The molecule has 2 aromatic rings. The molecule has 0 spiro atoms. The molecule has 2 heteroatoms. The first kappa shape index (κ1) is 16.0. The van der Waals surface area contributed by atoms with Gasteiger partial charge < -0.3 is 5.32 Å². The van der Waals surface area contributed by atoms with Crippen molar-refractivity contribution in [3.05, 3.63) is 48.0 Å². The Morgan fingerprint density at radius 3 is 2.57 bits per heavy atom. The van der Waals surface area contributed by atoms with Crippen molar-refractivity contribution < 1.29 is 4.79 Å². The zero-order valence-electron chi connectivity index (χ0n) is 14.1. The Morgan fingerprint density at radius 1 is 1.09 bits per heavy atom. The summed E-state index contributed by atoms with van der Waals surface area (Å²) in [5, 5.41) is 5.84. The number of amides is 1. The summed E-state index contributed by atoms with van der Waals surface area (Å²) in [5.74, 6) is 0.520. The number of benzene rings is 2. The molecule has 1 fully saturated rings. The molecule has 1 amide bonds. The molecule has 0 aliphatic heterocycles. The SMILES string of the molecule is CCC(Cc1ccc2ccccc2c1)NC(=O)C1CCCCC1. The minimum absolute atomic E-state index is 0.241. The quantitative estimate of drug-likeness (QED) is 0.840. The van der Waals surface area contributed by atoms with Gasteiger partial charge in [-0.05, 0) is 42.0 Å². The van der Waals surface area contributed by atoms with Gasteiger partial charge in [-0.3, -0.25) is 4.79 Å². The summed E-state index contributed by atoms with van der Waals surface area (Å²) in [6.45, 7) is 2.16. The van der Waals surface area contributed by atoms with Crippen molar-refractivity contribution in [3.63, 3.8) is 0 Å².